The molecule has 0 aliphatic carbocycles. The Kier molecular flexibility index (Phi) is 5.82. The van der Waals surface area contributed by atoms with Crippen molar-refractivity contribution in [1.82, 2.24) is 9.55 Å². The van der Waals surface area contributed by atoms with Crippen LogP contribution in [0.5, 0.6) is 17.4 Å². The van der Waals surface area contributed by atoms with Crippen LogP contribution in [0.3, 0.4) is 0 Å². The number of rotatable bonds is 5. The van der Waals surface area contributed by atoms with Gasteiger partial charge in [-0.25, -0.2) is 13.6 Å². The van der Waals surface area contributed by atoms with Crippen LogP contribution in [-0.4, -0.2) is 22.6 Å². The van der Waals surface area contributed by atoms with Crippen molar-refractivity contribution in [2.45, 2.75) is 32.5 Å². The summed E-state index contributed by atoms with van der Waals surface area (Å²) in [6.45, 7) is 2.48. The van der Waals surface area contributed by atoms with Gasteiger partial charge >= 0.3 is 5.69 Å². The van der Waals surface area contributed by atoms with Gasteiger partial charge in [-0.05, 0) is 49.2 Å². The fourth-order valence-electron chi connectivity index (χ4n) is 3.38. The molecule has 0 unspecified atom stereocenters. The van der Waals surface area contributed by atoms with E-state index in [0.29, 0.717) is 17.4 Å². The summed E-state index contributed by atoms with van der Waals surface area (Å²) in [6, 6.07) is 10.4. The third kappa shape index (κ3) is 4.49. The minimum Gasteiger partial charge on any atom is -0.473 e. The van der Waals surface area contributed by atoms with E-state index in [4.69, 9.17) is 21.1 Å². The number of ether oxygens (including phenoxy) is 2. The highest BCUT2D eigenvalue weighted by Gasteiger charge is 2.22. The Bertz CT molecular complexity index is 1160. The predicted molar refractivity (Wildman–Crippen MR) is 113 cm³/mol. The predicted octanol–water partition coefficient (Wildman–Crippen LogP) is 4.77. The Hall–Kier alpha value is -3.13. The summed E-state index contributed by atoms with van der Waals surface area (Å²) in [5.41, 5.74) is -0.191. The monoisotopic (exact) mass is 447 g/mol. The smallest absolute Gasteiger partial charge is 0.352 e. The number of nitrogens with zero attached hydrogens (tertiary/aromatic N) is 3. The largest absolute Gasteiger partial charge is 0.473 e. The molecular weight excluding hydrogens is 428 g/mol. The lowest BCUT2D eigenvalue weighted by Gasteiger charge is -2.34. The molecule has 0 bridgehead atoms. The number of anilines is 1. The zero-order chi connectivity index (χ0) is 22.1. The average Bonchev–Trinajstić information content (AvgIpc) is 2.72. The van der Waals surface area contributed by atoms with Crippen molar-refractivity contribution in [3.05, 3.63) is 75.2 Å². The molecule has 1 aliphatic heterocycles. The highest BCUT2D eigenvalue weighted by atomic mass is 35.5. The Labute approximate surface area is 182 Å². The fraction of sp³-hybridized carbons (Fsp3) is 0.273. The number of fused-ring (bicyclic) bond motifs is 1. The van der Waals surface area contributed by atoms with Gasteiger partial charge in [0.25, 0.3) is 0 Å². The van der Waals surface area contributed by atoms with E-state index < -0.39 is 23.1 Å². The topological polar surface area (TPSA) is 56.6 Å². The first-order valence-electron chi connectivity index (χ1n) is 9.70. The maximum absolute atomic E-state index is 14.5. The van der Waals surface area contributed by atoms with Crippen LogP contribution in [0, 0.1) is 11.6 Å². The minimum absolute atomic E-state index is 0.0947. The molecule has 0 saturated heterocycles. The van der Waals surface area contributed by atoms with E-state index in [2.05, 4.69) is 11.9 Å². The summed E-state index contributed by atoms with van der Waals surface area (Å²) in [4.78, 5) is 18.2. The summed E-state index contributed by atoms with van der Waals surface area (Å²) in [5, 5.41) is 0.386. The summed E-state index contributed by atoms with van der Waals surface area (Å²) in [6.07, 6.45) is 0.841. The van der Waals surface area contributed by atoms with Gasteiger partial charge in [0.05, 0.1) is 0 Å². The second-order valence-electron chi connectivity index (χ2n) is 7.37. The van der Waals surface area contributed by atoms with Crippen LogP contribution >= 0.6 is 11.6 Å². The first-order chi connectivity index (χ1) is 14.8. The molecule has 0 fully saturated rings. The van der Waals surface area contributed by atoms with Crippen molar-refractivity contribution in [2.75, 3.05) is 11.9 Å². The Balaban J connectivity index is 1.52. The first-order valence-corrected chi connectivity index (χ1v) is 10.1. The normalized spacial score (nSPS) is 15.5. The summed E-state index contributed by atoms with van der Waals surface area (Å²) in [7, 11) is 1.89. The van der Waals surface area contributed by atoms with E-state index in [1.165, 1.54) is 6.07 Å². The fourth-order valence-corrected chi connectivity index (χ4v) is 3.56. The quantitative estimate of drug-likeness (QED) is 0.563. The van der Waals surface area contributed by atoms with Gasteiger partial charge in [0.2, 0.25) is 5.88 Å². The third-order valence-corrected chi connectivity index (χ3v) is 5.45. The molecule has 2 aromatic carbocycles. The molecule has 0 N–H and O–H groups in total. The first kappa shape index (κ1) is 21.1. The molecule has 162 valence electrons. The number of benzene rings is 2. The lowest BCUT2D eigenvalue weighted by molar-refractivity contribution is 0.287. The molecule has 1 atom stereocenters. The van der Waals surface area contributed by atoms with Crippen LogP contribution in [0.2, 0.25) is 5.02 Å². The van der Waals surface area contributed by atoms with Crippen LogP contribution in [-0.2, 0) is 13.2 Å². The van der Waals surface area contributed by atoms with Crippen LogP contribution in [0.15, 0.2) is 47.3 Å². The lowest BCUT2D eigenvalue weighted by Crippen LogP contribution is -2.41. The average molecular weight is 448 g/mol. The molecule has 6 nitrogen and oxygen atoms in total. The minimum atomic E-state index is -0.884. The van der Waals surface area contributed by atoms with E-state index in [-0.39, 0.29) is 29.8 Å². The van der Waals surface area contributed by atoms with Crippen LogP contribution in [0.25, 0.3) is 0 Å². The van der Waals surface area contributed by atoms with Gasteiger partial charge in [0.15, 0.2) is 17.4 Å². The number of hydrogen-bond acceptors (Lipinski definition) is 5. The van der Waals surface area contributed by atoms with Crippen molar-refractivity contribution in [3.8, 4) is 17.4 Å². The Morgan fingerprint density at radius 3 is 2.65 bits per heavy atom. The van der Waals surface area contributed by atoms with Crippen LogP contribution < -0.4 is 20.1 Å². The standard InChI is InChI=1S/C22H20ClF2N3O3/c1-13-6-7-28-20(27(13)2)11-19(26-22(28)29)30-12-14-8-17(24)21(18(25)9-14)31-16-5-3-4-15(23)10-16/h3-5,8-11,13H,6-7,12H2,1-2H3/t13-/m1/s1. The molecule has 2 heterocycles. The zero-order valence-corrected chi connectivity index (χ0v) is 17.7. The van der Waals surface area contributed by atoms with E-state index in [1.807, 2.05) is 11.9 Å². The third-order valence-electron chi connectivity index (χ3n) is 5.22. The molecule has 1 aromatic heterocycles. The number of halogens is 3. The van der Waals surface area contributed by atoms with Crippen LogP contribution in [0.1, 0.15) is 18.9 Å². The Morgan fingerprint density at radius 1 is 1.19 bits per heavy atom. The lowest BCUT2D eigenvalue weighted by atomic mass is 10.1. The second kappa shape index (κ2) is 8.55. The van der Waals surface area contributed by atoms with E-state index >= 15 is 0 Å². The van der Waals surface area contributed by atoms with Crippen molar-refractivity contribution in [1.29, 1.82) is 0 Å². The van der Waals surface area contributed by atoms with Gasteiger partial charge < -0.3 is 14.4 Å². The van der Waals surface area contributed by atoms with Crippen molar-refractivity contribution < 1.29 is 18.3 Å². The highest BCUT2D eigenvalue weighted by molar-refractivity contribution is 6.30. The van der Waals surface area contributed by atoms with E-state index in [9.17, 15) is 13.6 Å². The van der Waals surface area contributed by atoms with Crippen LogP contribution in [0.4, 0.5) is 14.6 Å². The molecule has 3 aromatic rings. The highest BCUT2D eigenvalue weighted by Crippen LogP contribution is 2.30. The second-order valence-corrected chi connectivity index (χ2v) is 7.81. The van der Waals surface area contributed by atoms with Gasteiger partial charge in [-0.1, -0.05) is 17.7 Å². The van der Waals surface area contributed by atoms with Crippen molar-refractivity contribution in [3.63, 3.8) is 0 Å². The zero-order valence-electron chi connectivity index (χ0n) is 16.9. The molecule has 4 rings (SSSR count). The molecule has 9 heteroatoms. The summed E-state index contributed by atoms with van der Waals surface area (Å²) in [5.74, 6) is -1.30. The van der Waals surface area contributed by atoms with Gasteiger partial charge in [-0.2, -0.15) is 4.98 Å². The molecule has 1 aliphatic rings. The molecule has 0 saturated carbocycles. The van der Waals surface area contributed by atoms with E-state index in [1.54, 1.807) is 28.8 Å². The molecule has 31 heavy (non-hydrogen) atoms. The molecule has 0 amide bonds. The van der Waals surface area contributed by atoms with Crippen molar-refractivity contribution in [2.24, 2.45) is 0 Å². The SMILES string of the molecule is C[C@@H]1CCn2c(cc(OCc3cc(F)c(Oc4cccc(Cl)c4)c(F)c3)nc2=O)N1C. The van der Waals surface area contributed by atoms with E-state index in [0.717, 1.165) is 18.6 Å². The summed E-state index contributed by atoms with van der Waals surface area (Å²) < 4.78 is 41.4. The van der Waals surface area contributed by atoms with Gasteiger partial charge in [-0.15, -0.1) is 0 Å². The van der Waals surface area contributed by atoms with Gasteiger partial charge in [0, 0.05) is 30.7 Å². The Morgan fingerprint density at radius 2 is 1.94 bits per heavy atom. The van der Waals surface area contributed by atoms with Crippen molar-refractivity contribution >= 4 is 17.4 Å². The molecule has 0 radical (unpaired) electrons. The maximum atomic E-state index is 14.5. The summed E-state index contributed by atoms with van der Waals surface area (Å²) >= 11 is 5.87. The van der Waals surface area contributed by atoms with Gasteiger partial charge in [-0.3, -0.25) is 4.57 Å². The number of aromatic nitrogens is 2. The molecular formula is C22H20ClF2N3O3. The maximum Gasteiger partial charge on any atom is 0.352 e. The van der Waals surface area contributed by atoms with Gasteiger partial charge in [0.1, 0.15) is 18.2 Å². The molecule has 0 spiro atoms. The number of hydrogen-bond donors (Lipinski definition) is 0.